The first-order valence-electron chi connectivity index (χ1n) is 39.5. The first kappa shape index (κ1) is 94.5. The molecule has 4 rings (SSSR count). The van der Waals surface area contributed by atoms with E-state index in [1.165, 1.54) is 31.7 Å². The molecule has 620 valence electrons. The molecule has 2 fully saturated rings. The Balaban J connectivity index is 1.69. The van der Waals surface area contributed by atoms with Crippen LogP contribution in [0, 0.1) is 47.3 Å². The molecule has 31 heteroatoms. The van der Waals surface area contributed by atoms with Crippen LogP contribution in [0.4, 0.5) is 0 Å². The average Bonchev–Trinajstić information content (AvgIpc) is 1.73. The van der Waals surface area contributed by atoms with E-state index in [1.54, 1.807) is 139 Å². The molecule has 1 aromatic carbocycles. The summed E-state index contributed by atoms with van der Waals surface area (Å²) in [4.78, 5) is 205. The number of thiophene rings is 1. The van der Waals surface area contributed by atoms with Gasteiger partial charge in [-0.3, -0.25) is 62.3 Å². The molecule has 0 aliphatic carbocycles. The monoisotopic (exact) mass is 1570 g/mol. The lowest BCUT2D eigenvalue weighted by Crippen LogP contribution is -2.64. The number of allylic oxidation sites excluding steroid dienone is 1. The molecule has 0 bridgehead atoms. The molecule has 14 N–H and O–H groups in total. The van der Waals surface area contributed by atoms with E-state index in [4.69, 9.17) is 4.74 Å². The normalized spacial score (nSPS) is 22.0. The fraction of sp³-hybridized carbons (Fsp3) is 0.675. The number of amides is 13. The number of esters is 1. The van der Waals surface area contributed by atoms with Crippen LogP contribution < -0.4 is 69.1 Å². The highest BCUT2D eigenvalue weighted by Gasteiger charge is 2.45. The predicted octanol–water partition coefficient (Wildman–Crippen LogP) is 3.73. The molecule has 2 saturated heterocycles. The number of carbonyl (C=O) groups is 14. The van der Waals surface area contributed by atoms with Crippen LogP contribution in [-0.2, 0) is 84.8 Å². The lowest BCUT2D eigenvalue weighted by Gasteiger charge is -2.34. The van der Waals surface area contributed by atoms with E-state index in [0.717, 1.165) is 11.3 Å². The zero-order chi connectivity index (χ0) is 83.3. The SMILES string of the molecule is C/C=C1\NC(=O)[C@H](Cc2ccccc2)NC(=O)[C@@H](C(C)C)NC(=O)[C@@H]([C@@H](C)CC)NC(=O)[C@H](NC(=O)[C@H](NC(=O)[C@H](CCCNCc2cccs2)NC(=O)[C@H]2CCCN2C(=O)[C@H](NC(=O)[C@@H](NC(=O)[C@@H](NC(=O)[C@H](NC(=O)CCCC(C)C)C(C)C)[C@@H](C)O)C(C)C)C(C)C)[C@@H](C)CC)[C@@H](C)OC(=O)[C@H](C(C)C)NC1=O. The van der Waals surface area contributed by atoms with Gasteiger partial charge in [0.25, 0.3) is 5.91 Å². The van der Waals surface area contributed by atoms with Gasteiger partial charge in [-0.1, -0.05) is 173 Å². The van der Waals surface area contributed by atoms with E-state index in [-0.39, 0.29) is 50.3 Å². The number of carbonyl (C=O) groups excluding carboxylic acids is 14. The second-order valence-corrected chi connectivity index (χ2v) is 32.7. The summed E-state index contributed by atoms with van der Waals surface area (Å²) in [5.41, 5.74) is 0.374. The number of aliphatic hydroxyl groups is 1. The Morgan fingerprint density at radius 2 is 1.19 bits per heavy atom. The van der Waals surface area contributed by atoms with Crippen molar-refractivity contribution in [3.63, 3.8) is 0 Å². The van der Waals surface area contributed by atoms with Gasteiger partial charge >= 0.3 is 5.97 Å². The Bertz CT molecular complexity index is 3480. The van der Waals surface area contributed by atoms with Crippen LogP contribution in [0.2, 0.25) is 0 Å². The predicted molar refractivity (Wildman–Crippen MR) is 422 cm³/mol. The van der Waals surface area contributed by atoms with Crippen molar-refractivity contribution in [2.24, 2.45) is 47.3 Å². The van der Waals surface area contributed by atoms with Crippen molar-refractivity contribution in [3.05, 3.63) is 70.1 Å². The molecule has 1 aromatic heterocycles. The first-order valence-corrected chi connectivity index (χ1v) is 40.4. The second-order valence-electron chi connectivity index (χ2n) is 31.7. The van der Waals surface area contributed by atoms with Crippen LogP contribution in [0.25, 0.3) is 0 Å². The van der Waals surface area contributed by atoms with E-state index in [9.17, 15) is 57.8 Å². The Labute approximate surface area is 659 Å². The number of benzene rings is 1. The molecule has 2 aliphatic rings. The maximum Gasteiger partial charge on any atom is 0.329 e. The second kappa shape index (κ2) is 46.2. The van der Waals surface area contributed by atoms with Gasteiger partial charge in [-0.15, -0.1) is 11.3 Å². The van der Waals surface area contributed by atoms with Gasteiger partial charge in [0.15, 0.2) is 0 Å². The van der Waals surface area contributed by atoms with Gasteiger partial charge in [0.05, 0.1) is 6.10 Å². The summed E-state index contributed by atoms with van der Waals surface area (Å²) >= 11 is 1.55. The summed E-state index contributed by atoms with van der Waals surface area (Å²) in [6, 6.07) is -3.78. The molecule has 0 spiro atoms. The van der Waals surface area contributed by atoms with Crippen molar-refractivity contribution in [2.45, 2.75) is 287 Å². The quantitative estimate of drug-likeness (QED) is 0.0262. The number of ether oxygens (including phenoxy) is 1. The zero-order valence-electron chi connectivity index (χ0n) is 68.5. The van der Waals surface area contributed by atoms with Crippen molar-refractivity contribution in [1.29, 1.82) is 0 Å². The minimum atomic E-state index is -1.83. The molecule has 2 aliphatic heterocycles. The minimum Gasteiger partial charge on any atom is -0.458 e. The van der Waals surface area contributed by atoms with Crippen LogP contribution in [0.1, 0.15) is 200 Å². The van der Waals surface area contributed by atoms with E-state index < -0.39 is 203 Å². The fourth-order valence-corrected chi connectivity index (χ4v) is 13.5. The number of nitrogens with zero attached hydrogens (tertiary/aromatic N) is 1. The smallest absolute Gasteiger partial charge is 0.329 e. The van der Waals surface area contributed by atoms with Gasteiger partial charge in [-0.2, -0.15) is 0 Å². The number of hydrogen-bond donors (Lipinski definition) is 14. The van der Waals surface area contributed by atoms with Crippen molar-refractivity contribution < 1.29 is 77.0 Å². The summed E-state index contributed by atoms with van der Waals surface area (Å²) in [6.45, 7) is 32.7. The number of nitrogens with one attached hydrogen (secondary N) is 13. The van der Waals surface area contributed by atoms with Gasteiger partial charge in [0.2, 0.25) is 70.9 Å². The number of aliphatic hydroxyl groups excluding tert-OH is 1. The zero-order valence-corrected chi connectivity index (χ0v) is 69.3. The number of hydrogen-bond acceptors (Lipinski definition) is 18. The van der Waals surface area contributed by atoms with Gasteiger partial charge in [-0.05, 0) is 124 Å². The van der Waals surface area contributed by atoms with Gasteiger partial charge in [0.1, 0.15) is 84.3 Å². The van der Waals surface area contributed by atoms with Crippen molar-refractivity contribution >= 4 is 94.1 Å². The number of cyclic esters (lactones) is 1. The topological polar surface area (TPSA) is 428 Å². The lowest BCUT2D eigenvalue weighted by atomic mass is 9.95. The van der Waals surface area contributed by atoms with Crippen LogP contribution in [-0.4, -0.2) is 191 Å². The Hall–Kier alpha value is -8.84. The van der Waals surface area contributed by atoms with Crippen molar-refractivity contribution in [3.8, 4) is 0 Å². The van der Waals surface area contributed by atoms with E-state index in [0.29, 0.717) is 50.3 Å². The summed E-state index contributed by atoms with van der Waals surface area (Å²) in [5, 5.41) is 48.9. The lowest BCUT2D eigenvalue weighted by molar-refractivity contribution is -0.157. The van der Waals surface area contributed by atoms with Crippen LogP contribution >= 0.6 is 11.3 Å². The van der Waals surface area contributed by atoms with E-state index in [1.807, 2.05) is 31.4 Å². The van der Waals surface area contributed by atoms with Crippen LogP contribution in [0.15, 0.2) is 59.6 Å². The first-order chi connectivity index (χ1) is 52.3. The molecule has 0 radical (unpaired) electrons. The molecule has 111 heavy (non-hydrogen) atoms. The van der Waals surface area contributed by atoms with Gasteiger partial charge in [-0.25, -0.2) is 4.79 Å². The van der Waals surface area contributed by atoms with E-state index in [2.05, 4.69) is 69.1 Å². The summed E-state index contributed by atoms with van der Waals surface area (Å²) < 4.78 is 6.01. The standard InChI is InChI=1S/C80H128N14O16S/c1-20-48(16)64(76(105)93-67-51(19)110-80(109)63(47(14)15)89-68(97)54(22-3)82-70(99)56(40-52-31-24-23-25-32-52)84-72(101)60(44(8)9)86-75(104)65(49(17)21-2)91-78(67)107)90-69(98)55(34-27-37-81-41-53-33-29-39-111-53)83-71(100)57-35-28-38-94(57)79(108)62(46(12)13)88-74(103)61(45(10)11)87-77(106)66(50(18)95)92-73(102)59(43(6)7)85-58(96)36-26-30-42(4)5/h22-25,29,31-33,39,42-51,55-57,59-67,81,95H,20-21,26-28,30,34-38,40-41H2,1-19H3,(H,82,99)(H,83,100)(H,84,101)(H,85,96)(H,86,104)(H,87,106)(H,88,103)(H,89,97)(H,90,98)(H,91,107)(H,92,102)(H,93,105)/b54-22-/t48-,49-,50+,51+,55-,56-,57+,59+,60+,61-,62+,63-,64+,65+,66-,67+/m0/s1. The molecule has 16 atom stereocenters. The van der Waals surface area contributed by atoms with E-state index >= 15 is 14.4 Å². The Morgan fingerprint density at radius 1 is 0.613 bits per heavy atom. The third kappa shape index (κ3) is 29.3. The van der Waals surface area contributed by atoms with Crippen molar-refractivity contribution in [2.75, 3.05) is 13.1 Å². The molecule has 0 unspecified atom stereocenters. The molecule has 3 heterocycles. The molecule has 30 nitrogen and oxygen atoms in total. The average molecular weight is 1570 g/mol. The highest BCUT2D eigenvalue weighted by Crippen LogP contribution is 2.24. The van der Waals surface area contributed by atoms with Gasteiger partial charge < -0.3 is 83.9 Å². The van der Waals surface area contributed by atoms with Crippen molar-refractivity contribution in [1.82, 2.24) is 74.0 Å². The summed E-state index contributed by atoms with van der Waals surface area (Å²) in [6.07, 6.45) is 1.21. The van der Waals surface area contributed by atoms with Crippen LogP contribution in [0.3, 0.4) is 0 Å². The molecular weight excluding hydrogens is 1450 g/mol. The summed E-state index contributed by atoms with van der Waals surface area (Å²) in [5.74, 6) is -15.0. The maximum atomic E-state index is 15.2. The summed E-state index contributed by atoms with van der Waals surface area (Å²) in [7, 11) is 0. The Kier molecular flexibility index (Phi) is 39.4. The third-order valence-electron chi connectivity index (χ3n) is 20.3. The maximum absolute atomic E-state index is 15.2. The molecule has 2 aromatic rings. The third-order valence-corrected chi connectivity index (χ3v) is 21.2. The highest BCUT2D eigenvalue weighted by atomic mass is 32.1. The minimum absolute atomic E-state index is 0.00465. The fourth-order valence-electron chi connectivity index (χ4n) is 12.9. The largest absolute Gasteiger partial charge is 0.458 e. The Morgan fingerprint density at radius 3 is 1.75 bits per heavy atom. The number of likely N-dealkylation sites (tertiary alicyclic amines) is 1. The molecular formula is C80H128N14O16S. The number of rotatable bonds is 36. The van der Waals surface area contributed by atoms with Crippen LogP contribution in [0.5, 0.6) is 0 Å². The molecule has 13 amide bonds. The van der Waals surface area contributed by atoms with Gasteiger partial charge in [0, 0.05) is 30.8 Å². The highest BCUT2D eigenvalue weighted by molar-refractivity contribution is 7.09. The molecule has 0 saturated carbocycles.